The molecule has 1 heterocycles. The Balaban J connectivity index is 0.00000480. The Kier molecular flexibility index (Phi) is 13.6. The summed E-state index contributed by atoms with van der Waals surface area (Å²) in [6.07, 6.45) is 3.38. The quantitative estimate of drug-likeness (QED) is 0.201. The van der Waals surface area contributed by atoms with Gasteiger partial charge in [-0.3, -0.25) is 0 Å². The van der Waals surface area contributed by atoms with Crippen LogP contribution in [0.4, 0.5) is 0 Å². The molecule has 0 spiro atoms. The predicted molar refractivity (Wildman–Crippen MR) is 138 cm³/mol. The molecule has 1 aliphatic rings. The number of benzene rings is 1. The minimum absolute atomic E-state index is 0. The number of likely N-dealkylation sites (tertiary alicyclic amines) is 1. The summed E-state index contributed by atoms with van der Waals surface area (Å²) in [6, 6.07) is 8.53. The van der Waals surface area contributed by atoms with E-state index in [1.165, 1.54) is 11.1 Å². The molecular formula is C24H42IN3O3. The van der Waals surface area contributed by atoms with Crippen LogP contribution in [0.2, 0.25) is 0 Å². The van der Waals surface area contributed by atoms with E-state index in [9.17, 15) is 0 Å². The Morgan fingerprint density at radius 1 is 1.16 bits per heavy atom. The number of nitrogens with zero attached hydrogens (tertiary/aromatic N) is 2. The van der Waals surface area contributed by atoms with Crippen molar-refractivity contribution in [1.82, 2.24) is 10.2 Å². The van der Waals surface area contributed by atoms with Crippen molar-refractivity contribution >= 4 is 29.9 Å². The maximum Gasteiger partial charge on any atom is 0.194 e. The molecule has 6 nitrogen and oxygen atoms in total. The summed E-state index contributed by atoms with van der Waals surface area (Å²) >= 11 is 0. The van der Waals surface area contributed by atoms with Crippen molar-refractivity contribution in [3.8, 4) is 0 Å². The molecule has 1 aromatic carbocycles. The molecule has 0 atom stereocenters. The first-order valence-electron chi connectivity index (χ1n) is 11.3. The molecule has 0 amide bonds. The van der Waals surface area contributed by atoms with Gasteiger partial charge in [-0.2, -0.15) is 0 Å². The van der Waals surface area contributed by atoms with Crippen LogP contribution >= 0.6 is 24.0 Å². The number of rotatable bonds is 10. The van der Waals surface area contributed by atoms with Crippen molar-refractivity contribution in [3.05, 3.63) is 35.4 Å². The number of guanidine groups is 1. The van der Waals surface area contributed by atoms with Crippen LogP contribution in [0.5, 0.6) is 0 Å². The van der Waals surface area contributed by atoms with Gasteiger partial charge in [0.05, 0.1) is 24.9 Å². The fraction of sp³-hybridized carbons (Fsp3) is 0.708. The SMILES string of the molecule is CCNC(=NCc1cccc(COC(C)(C)C)c1)N1CCC(OCCCOC)CC1.I. The van der Waals surface area contributed by atoms with Crippen LogP contribution in [-0.2, 0) is 27.4 Å². The third-order valence-electron chi connectivity index (χ3n) is 5.00. The molecule has 2 rings (SSSR count). The standard InChI is InChI=1S/C24H41N3O3.HI/c1-6-25-23(27-13-11-22(12-14-27)29-16-8-15-28-5)26-18-20-9-7-10-21(17-20)19-30-24(2,3)4;/h7,9-10,17,22H,6,8,11-16,18-19H2,1-5H3,(H,25,26);1H. The monoisotopic (exact) mass is 547 g/mol. The van der Waals surface area contributed by atoms with Crippen LogP contribution in [0.15, 0.2) is 29.3 Å². The number of hydrogen-bond acceptors (Lipinski definition) is 4. The van der Waals surface area contributed by atoms with Crippen LogP contribution in [0.1, 0.15) is 58.1 Å². The molecule has 0 radical (unpaired) electrons. The van der Waals surface area contributed by atoms with Gasteiger partial charge in [0, 0.05) is 40.0 Å². The Hall–Kier alpha value is -0.900. The lowest BCUT2D eigenvalue weighted by Gasteiger charge is -2.34. The summed E-state index contributed by atoms with van der Waals surface area (Å²) in [5.41, 5.74) is 2.26. The highest BCUT2D eigenvalue weighted by Gasteiger charge is 2.21. The highest BCUT2D eigenvalue weighted by atomic mass is 127. The van der Waals surface area contributed by atoms with Gasteiger partial charge in [-0.1, -0.05) is 24.3 Å². The molecule has 1 N–H and O–H groups in total. The van der Waals surface area contributed by atoms with Gasteiger partial charge in [0.25, 0.3) is 0 Å². The van der Waals surface area contributed by atoms with E-state index in [2.05, 4.69) is 62.2 Å². The molecule has 1 saturated heterocycles. The fourth-order valence-electron chi connectivity index (χ4n) is 3.40. The van der Waals surface area contributed by atoms with Crippen LogP contribution in [0.3, 0.4) is 0 Å². The van der Waals surface area contributed by atoms with Gasteiger partial charge < -0.3 is 24.4 Å². The van der Waals surface area contributed by atoms with Crippen LogP contribution in [-0.4, -0.2) is 62.5 Å². The molecule has 31 heavy (non-hydrogen) atoms. The smallest absolute Gasteiger partial charge is 0.194 e. The van der Waals surface area contributed by atoms with Gasteiger partial charge in [0.1, 0.15) is 0 Å². The van der Waals surface area contributed by atoms with Crippen LogP contribution in [0.25, 0.3) is 0 Å². The van der Waals surface area contributed by atoms with Crippen molar-refractivity contribution < 1.29 is 14.2 Å². The molecule has 0 unspecified atom stereocenters. The summed E-state index contributed by atoms with van der Waals surface area (Å²) in [7, 11) is 1.73. The van der Waals surface area contributed by atoms with Gasteiger partial charge in [-0.25, -0.2) is 4.99 Å². The number of aliphatic imine (C=N–C) groups is 1. The molecule has 0 bridgehead atoms. The third-order valence-corrected chi connectivity index (χ3v) is 5.00. The second kappa shape index (κ2) is 15.0. The summed E-state index contributed by atoms with van der Waals surface area (Å²) < 4.78 is 17.0. The molecule has 0 aromatic heterocycles. The van der Waals surface area contributed by atoms with Crippen LogP contribution < -0.4 is 5.32 Å². The van der Waals surface area contributed by atoms with Gasteiger partial charge in [-0.15, -0.1) is 24.0 Å². The van der Waals surface area contributed by atoms with E-state index in [-0.39, 0.29) is 29.6 Å². The van der Waals surface area contributed by atoms with Gasteiger partial charge >= 0.3 is 0 Å². The van der Waals surface area contributed by atoms with Crippen molar-refractivity contribution in [2.45, 2.75) is 71.8 Å². The summed E-state index contributed by atoms with van der Waals surface area (Å²) in [5, 5.41) is 3.45. The van der Waals surface area contributed by atoms with Crippen molar-refractivity contribution in [2.75, 3.05) is 40.0 Å². The Labute approximate surface area is 206 Å². The molecule has 0 aliphatic carbocycles. The van der Waals surface area contributed by atoms with E-state index in [4.69, 9.17) is 19.2 Å². The fourth-order valence-corrected chi connectivity index (χ4v) is 3.40. The first-order valence-corrected chi connectivity index (χ1v) is 11.3. The van der Waals surface area contributed by atoms with Gasteiger partial charge in [-0.05, 0) is 58.1 Å². The normalized spacial score (nSPS) is 15.6. The van der Waals surface area contributed by atoms with E-state index >= 15 is 0 Å². The average molecular weight is 548 g/mol. The highest BCUT2D eigenvalue weighted by molar-refractivity contribution is 14.0. The summed E-state index contributed by atoms with van der Waals surface area (Å²) in [4.78, 5) is 7.25. The number of nitrogens with one attached hydrogen (secondary N) is 1. The number of ether oxygens (including phenoxy) is 3. The van der Waals surface area contributed by atoms with Crippen molar-refractivity contribution in [3.63, 3.8) is 0 Å². The number of halogens is 1. The minimum Gasteiger partial charge on any atom is -0.385 e. The lowest BCUT2D eigenvalue weighted by Crippen LogP contribution is -2.47. The highest BCUT2D eigenvalue weighted by Crippen LogP contribution is 2.16. The van der Waals surface area contributed by atoms with Crippen molar-refractivity contribution in [2.24, 2.45) is 4.99 Å². The second-order valence-corrected chi connectivity index (χ2v) is 8.79. The number of hydrogen-bond donors (Lipinski definition) is 1. The maximum absolute atomic E-state index is 5.98. The van der Waals surface area contributed by atoms with Gasteiger partial charge in [0.15, 0.2) is 5.96 Å². The first kappa shape index (κ1) is 28.1. The van der Waals surface area contributed by atoms with E-state index < -0.39 is 0 Å². The lowest BCUT2D eigenvalue weighted by molar-refractivity contribution is -0.0149. The molecule has 1 aliphatic heterocycles. The molecule has 1 aromatic rings. The third kappa shape index (κ3) is 11.5. The van der Waals surface area contributed by atoms with Crippen LogP contribution in [0, 0.1) is 0 Å². The van der Waals surface area contributed by atoms with Crippen molar-refractivity contribution in [1.29, 1.82) is 0 Å². The first-order chi connectivity index (χ1) is 14.4. The molecule has 1 fully saturated rings. The molecule has 0 saturated carbocycles. The largest absolute Gasteiger partial charge is 0.385 e. The zero-order valence-corrected chi connectivity index (χ0v) is 22.3. The summed E-state index contributed by atoms with van der Waals surface area (Å²) in [5.74, 6) is 0.992. The zero-order valence-electron chi connectivity index (χ0n) is 20.0. The number of piperidine rings is 1. The average Bonchev–Trinajstić information content (AvgIpc) is 2.73. The van der Waals surface area contributed by atoms with Gasteiger partial charge in [0.2, 0.25) is 0 Å². The molecular weight excluding hydrogens is 505 g/mol. The Morgan fingerprint density at radius 2 is 1.87 bits per heavy atom. The zero-order chi connectivity index (χ0) is 21.8. The second-order valence-electron chi connectivity index (χ2n) is 8.79. The minimum atomic E-state index is -0.133. The van der Waals surface area contributed by atoms with E-state index in [0.717, 1.165) is 58.1 Å². The predicted octanol–water partition coefficient (Wildman–Crippen LogP) is 4.60. The molecule has 7 heteroatoms. The topological polar surface area (TPSA) is 55.3 Å². The summed E-state index contributed by atoms with van der Waals surface area (Å²) in [6.45, 7) is 14.0. The van der Waals surface area contributed by atoms with E-state index in [1.807, 2.05) is 0 Å². The van der Waals surface area contributed by atoms with E-state index in [1.54, 1.807) is 7.11 Å². The maximum atomic E-state index is 5.98. The lowest BCUT2D eigenvalue weighted by atomic mass is 10.1. The number of methoxy groups -OCH3 is 1. The Morgan fingerprint density at radius 3 is 2.52 bits per heavy atom. The van der Waals surface area contributed by atoms with E-state index in [0.29, 0.717) is 19.3 Å². The Bertz CT molecular complexity index is 641. The molecule has 178 valence electrons.